The monoisotopic (exact) mass is 751 g/mol. The Morgan fingerprint density at radius 1 is 0.424 bits per heavy atom. The first-order chi connectivity index (χ1) is 29.2. The summed E-state index contributed by atoms with van der Waals surface area (Å²) in [5.41, 5.74) is 12.8. The van der Waals surface area contributed by atoms with Crippen molar-refractivity contribution in [2.45, 2.75) is 5.41 Å². The topological polar surface area (TPSA) is 59.4 Å². The van der Waals surface area contributed by atoms with E-state index in [-0.39, 0.29) is 0 Å². The molecule has 274 valence electrons. The van der Waals surface area contributed by atoms with Gasteiger partial charge in [0.2, 0.25) is 5.95 Å². The molecular weight excluding hydrogens is 719 g/mol. The van der Waals surface area contributed by atoms with Crippen molar-refractivity contribution in [1.29, 1.82) is 5.26 Å². The predicted molar refractivity (Wildman–Crippen MR) is 238 cm³/mol. The standard InChI is InChI=1S/C54H33N5/c55-34-35-27-29-39-40-30-28-36(32-46(40)54(45(39)31-35,37-15-3-1-4-16-37)38-17-5-2-6-18-38)47-33-52(58-48-23-11-7-19-41(48)42-20-8-12-24-49(42)58)57-53(56-47)59-50-25-13-9-21-43(50)44-22-10-14-26-51(44)59/h1-33H. The van der Waals surface area contributed by atoms with Crippen molar-refractivity contribution in [3.05, 3.63) is 228 Å². The Hall–Kier alpha value is -8.07. The molecule has 59 heavy (non-hydrogen) atoms. The molecule has 0 unspecified atom stereocenters. The van der Waals surface area contributed by atoms with Gasteiger partial charge in [0.15, 0.2) is 0 Å². The minimum Gasteiger partial charge on any atom is -0.294 e. The molecule has 0 N–H and O–H groups in total. The second-order valence-electron chi connectivity index (χ2n) is 15.3. The summed E-state index contributed by atoms with van der Waals surface area (Å²) in [4.78, 5) is 11.0. The van der Waals surface area contributed by atoms with Crippen molar-refractivity contribution in [1.82, 2.24) is 19.1 Å². The molecule has 0 fully saturated rings. The van der Waals surface area contributed by atoms with E-state index >= 15 is 0 Å². The first kappa shape index (κ1) is 33.1. The molecule has 1 aliphatic carbocycles. The third-order valence-electron chi connectivity index (χ3n) is 12.3. The van der Waals surface area contributed by atoms with Crippen molar-refractivity contribution < 1.29 is 0 Å². The van der Waals surface area contributed by atoms with Crippen LogP contribution in [-0.4, -0.2) is 19.1 Å². The van der Waals surface area contributed by atoms with Crippen LogP contribution in [0.25, 0.3) is 77.8 Å². The van der Waals surface area contributed by atoms with Crippen LogP contribution < -0.4 is 0 Å². The molecular formula is C54H33N5. The zero-order valence-electron chi connectivity index (χ0n) is 31.8. The maximum atomic E-state index is 10.2. The Morgan fingerprint density at radius 3 is 1.41 bits per heavy atom. The minimum atomic E-state index is -0.686. The van der Waals surface area contributed by atoms with E-state index in [0.29, 0.717) is 11.5 Å². The van der Waals surface area contributed by atoms with Crippen molar-refractivity contribution >= 4 is 43.6 Å². The lowest BCUT2D eigenvalue weighted by Crippen LogP contribution is -2.28. The molecule has 12 rings (SSSR count). The van der Waals surface area contributed by atoms with E-state index in [1.807, 2.05) is 6.07 Å². The first-order valence-corrected chi connectivity index (χ1v) is 19.9. The fourth-order valence-electron chi connectivity index (χ4n) is 9.81. The van der Waals surface area contributed by atoms with Gasteiger partial charge in [0.1, 0.15) is 5.82 Å². The Bertz CT molecular complexity index is 3240. The van der Waals surface area contributed by atoms with Gasteiger partial charge in [0.25, 0.3) is 0 Å². The van der Waals surface area contributed by atoms with E-state index < -0.39 is 5.41 Å². The summed E-state index contributed by atoms with van der Waals surface area (Å²) in [7, 11) is 0. The van der Waals surface area contributed by atoms with Crippen molar-refractivity contribution in [3.8, 4) is 40.2 Å². The number of para-hydroxylation sites is 4. The summed E-state index contributed by atoms with van der Waals surface area (Å²) in [6, 6.07) is 73.0. The molecule has 0 amide bonds. The summed E-state index contributed by atoms with van der Waals surface area (Å²) < 4.78 is 4.48. The van der Waals surface area contributed by atoms with Crippen LogP contribution in [0.1, 0.15) is 27.8 Å². The molecule has 0 aliphatic heterocycles. The molecule has 0 atom stereocenters. The van der Waals surface area contributed by atoms with Gasteiger partial charge in [-0.1, -0.05) is 152 Å². The first-order valence-electron chi connectivity index (χ1n) is 19.9. The highest BCUT2D eigenvalue weighted by Gasteiger charge is 2.46. The zero-order chi connectivity index (χ0) is 39.1. The van der Waals surface area contributed by atoms with E-state index in [1.165, 1.54) is 10.8 Å². The molecule has 8 aromatic carbocycles. The average Bonchev–Trinajstić information content (AvgIpc) is 3.93. The summed E-state index contributed by atoms with van der Waals surface area (Å²) >= 11 is 0. The van der Waals surface area contributed by atoms with Gasteiger partial charge in [-0.25, -0.2) is 4.98 Å². The van der Waals surface area contributed by atoms with Crippen LogP contribution in [0.4, 0.5) is 0 Å². The lowest BCUT2D eigenvalue weighted by Gasteiger charge is -2.34. The van der Waals surface area contributed by atoms with Crippen LogP contribution in [0.2, 0.25) is 0 Å². The van der Waals surface area contributed by atoms with Gasteiger partial charge >= 0.3 is 0 Å². The van der Waals surface area contributed by atoms with Gasteiger partial charge in [0, 0.05) is 33.2 Å². The van der Waals surface area contributed by atoms with Crippen LogP contribution in [0.15, 0.2) is 200 Å². The van der Waals surface area contributed by atoms with Gasteiger partial charge < -0.3 is 0 Å². The Morgan fingerprint density at radius 2 is 0.881 bits per heavy atom. The Balaban J connectivity index is 1.18. The maximum absolute atomic E-state index is 10.2. The van der Waals surface area contributed by atoms with Crippen LogP contribution in [0, 0.1) is 11.3 Å². The van der Waals surface area contributed by atoms with E-state index in [0.717, 1.165) is 83.3 Å². The van der Waals surface area contributed by atoms with Gasteiger partial charge in [-0.15, -0.1) is 0 Å². The summed E-state index contributed by atoms with van der Waals surface area (Å²) in [5.74, 6) is 1.38. The molecule has 0 radical (unpaired) electrons. The largest absolute Gasteiger partial charge is 0.294 e. The maximum Gasteiger partial charge on any atom is 0.237 e. The average molecular weight is 752 g/mol. The van der Waals surface area contributed by atoms with Crippen molar-refractivity contribution in [2.24, 2.45) is 0 Å². The molecule has 3 heterocycles. The number of benzene rings is 8. The van der Waals surface area contributed by atoms with Gasteiger partial charge in [0.05, 0.1) is 44.8 Å². The van der Waals surface area contributed by atoms with E-state index in [2.05, 4.69) is 209 Å². The number of hydrogen-bond acceptors (Lipinski definition) is 3. The second kappa shape index (κ2) is 12.7. The Labute approximate surface area is 340 Å². The fraction of sp³-hybridized carbons (Fsp3) is 0.0185. The number of nitriles is 1. The van der Waals surface area contributed by atoms with Crippen molar-refractivity contribution in [2.75, 3.05) is 0 Å². The second-order valence-corrected chi connectivity index (χ2v) is 15.3. The van der Waals surface area contributed by atoms with Gasteiger partial charge in [-0.3, -0.25) is 9.13 Å². The number of aromatic nitrogens is 4. The molecule has 0 spiro atoms. The molecule has 5 heteroatoms. The number of hydrogen-bond donors (Lipinski definition) is 0. The molecule has 1 aliphatic rings. The molecule has 5 nitrogen and oxygen atoms in total. The quantitative estimate of drug-likeness (QED) is 0.176. The van der Waals surface area contributed by atoms with Crippen LogP contribution >= 0.6 is 0 Å². The molecule has 11 aromatic rings. The number of fused-ring (bicyclic) bond motifs is 9. The Kier molecular flexibility index (Phi) is 7.14. The highest BCUT2D eigenvalue weighted by atomic mass is 15.2. The third kappa shape index (κ3) is 4.72. The molecule has 3 aromatic heterocycles. The highest BCUT2D eigenvalue weighted by Crippen LogP contribution is 2.57. The highest BCUT2D eigenvalue weighted by molar-refractivity contribution is 6.10. The molecule has 0 saturated heterocycles. The normalized spacial score (nSPS) is 12.9. The lowest BCUT2D eigenvalue weighted by molar-refractivity contribution is 0.768. The fourth-order valence-corrected chi connectivity index (χ4v) is 9.81. The smallest absolute Gasteiger partial charge is 0.237 e. The summed E-state index contributed by atoms with van der Waals surface area (Å²) in [5, 5.41) is 14.8. The molecule has 0 bridgehead atoms. The summed E-state index contributed by atoms with van der Waals surface area (Å²) in [6.45, 7) is 0. The SMILES string of the molecule is N#Cc1ccc2c(c1)C(c1ccccc1)(c1ccccc1)c1cc(-c3cc(-n4c5ccccc5c5ccccc54)nc(-n4c5ccccc5c5ccccc54)n3)ccc1-2. The third-order valence-corrected chi connectivity index (χ3v) is 12.3. The number of rotatable bonds is 5. The van der Waals surface area contributed by atoms with E-state index in [1.54, 1.807) is 0 Å². The zero-order valence-corrected chi connectivity index (χ0v) is 31.8. The van der Waals surface area contributed by atoms with E-state index in [4.69, 9.17) is 9.97 Å². The van der Waals surface area contributed by atoms with Crippen LogP contribution in [0.5, 0.6) is 0 Å². The van der Waals surface area contributed by atoms with Gasteiger partial charge in [-0.2, -0.15) is 10.2 Å². The van der Waals surface area contributed by atoms with E-state index in [9.17, 15) is 5.26 Å². The van der Waals surface area contributed by atoms with Gasteiger partial charge in [-0.05, 0) is 75.8 Å². The minimum absolute atomic E-state index is 0.594. The summed E-state index contributed by atoms with van der Waals surface area (Å²) in [6.07, 6.45) is 0. The van der Waals surface area contributed by atoms with Crippen LogP contribution in [0.3, 0.4) is 0 Å². The lowest BCUT2D eigenvalue weighted by atomic mass is 9.67. The van der Waals surface area contributed by atoms with Crippen LogP contribution in [-0.2, 0) is 5.41 Å². The van der Waals surface area contributed by atoms with Crippen molar-refractivity contribution in [3.63, 3.8) is 0 Å². The molecule has 0 saturated carbocycles. The number of nitrogens with zero attached hydrogens (tertiary/aromatic N) is 5. The predicted octanol–water partition coefficient (Wildman–Crippen LogP) is 12.6.